The van der Waals surface area contributed by atoms with Gasteiger partial charge >= 0.3 is 0 Å². The number of amides is 1. The van der Waals surface area contributed by atoms with Crippen LogP contribution in [0, 0.1) is 11.8 Å². The van der Waals surface area contributed by atoms with Crippen LogP contribution >= 0.6 is 0 Å². The molecule has 1 aliphatic heterocycles. The summed E-state index contributed by atoms with van der Waals surface area (Å²) in [5.74, 6) is 1.90. The van der Waals surface area contributed by atoms with Crippen LogP contribution in [0.5, 0.6) is 11.5 Å². The lowest BCUT2D eigenvalue weighted by atomic mass is 9.77. The Balaban J connectivity index is 1.56. The van der Waals surface area contributed by atoms with E-state index in [1.165, 1.54) is 5.56 Å². The number of hydrogen-bond acceptors (Lipinski definition) is 4. The van der Waals surface area contributed by atoms with Crippen LogP contribution in [-0.4, -0.2) is 46.2 Å². The third kappa shape index (κ3) is 6.26. The highest BCUT2D eigenvalue weighted by Crippen LogP contribution is 2.37. The number of aromatic hydroxyl groups is 2. The van der Waals surface area contributed by atoms with E-state index in [-0.39, 0.29) is 17.7 Å². The molecule has 3 rings (SSSR count). The number of likely N-dealkylation sites (tertiary alicyclic amines) is 1. The standard InChI is InChI=1S/C27H38N2O3/c1-18(2)26(28-27(32)13-10-21-8-11-23(30)12-9-21)17-29-15-14-25(19(3)20(29)4)22-6-5-7-24(31)16-22/h5-9,11-12,16,18-20,25-26,30-31H,10,13-15,17H2,1-4H3,(H,28,32)/t19-,20?,25+,26-/m0/s1. The maximum absolute atomic E-state index is 12.7. The van der Waals surface area contributed by atoms with Gasteiger partial charge in [-0.15, -0.1) is 0 Å². The molecule has 0 aromatic heterocycles. The number of rotatable bonds is 8. The first-order valence-electron chi connectivity index (χ1n) is 11.8. The number of benzene rings is 2. The smallest absolute Gasteiger partial charge is 0.220 e. The summed E-state index contributed by atoms with van der Waals surface area (Å²) in [6, 6.07) is 15.2. The monoisotopic (exact) mass is 438 g/mol. The van der Waals surface area contributed by atoms with Crippen LogP contribution in [-0.2, 0) is 11.2 Å². The van der Waals surface area contributed by atoms with Gasteiger partial charge in [0.05, 0.1) is 0 Å². The summed E-state index contributed by atoms with van der Waals surface area (Å²) in [7, 11) is 0. The average molecular weight is 439 g/mol. The molecule has 1 heterocycles. The fraction of sp³-hybridized carbons (Fsp3) is 0.519. The molecule has 3 N–H and O–H groups in total. The van der Waals surface area contributed by atoms with E-state index in [9.17, 15) is 15.0 Å². The molecule has 0 aliphatic carbocycles. The highest BCUT2D eigenvalue weighted by atomic mass is 16.3. The van der Waals surface area contributed by atoms with Gasteiger partial charge < -0.3 is 15.5 Å². The first-order chi connectivity index (χ1) is 15.2. The first kappa shape index (κ1) is 24.1. The van der Waals surface area contributed by atoms with Crippen molar-refractivity contribution in [2.45, 2.75) is 65.0 Å². The molecule has 1 aliphatic rings. The molecule has 5 nitrogen and oxygen atoms in total. The Bertz CT molecular complexity index is 881. The Morgan fingerprint density at radius 2 is 1.81 bits per heavy atom. The number of nitrogens with zero attached hydrogens (tertiary/aromatic N) is 1. The number of phenolic OH excluding ortho intramolecular Hbond substituents is 2. The Hall–Kier alpha value is -2.53. The summed E-state index contributed by atoms with van der Waals surface area (Å²) in [6.45, 7) is 10.7. The van der Waals surface area contributed by atoms with E-state index in [1.54, 1.807) is 18.2 Å². The van der Waals surface area contributed by atoms with Crippen LogP contribution in [0.15, 0.2) is 48.5 Å². The second-order valence-corrected chi connectivity index (χ2v) is 9.67. The summed E-state index contributed by atoms with van der Waals surface area (Å²) < 4.78 is 0. The average Bonchev–Trinajstić information content (AvgIpc) is 2.76. The Labute approximate surface area is 192 Å². The highest BCUT2D eigenvalue weighted by molar-refractivity contribution is 5.76. The number of phenols is 2. The van der Waals surface area contributed by atoms with Gasteiger partial charge in [0.25, 0.3) is 0 Å². The van der Waals surface area contributed by atoms with Crippen molar-refractivity contribution in [3.05, 3.63) is 59.7 Å². The molecule has 1 unspecified atom stereocenters. The molecule has 2 aromatic rings. The zero-order valence-corrected chi connectivity index (χ0v) is 19.8. The molecule has 1 saturated heterocycles. The van der Waals surface area contributed by atoms with E-state index in [1.807, 2.05) is 24.3 Å². The number of carbonyl (C=O) groups excluding carboxylic acids is 1. The Kier molecular flexibility index (Phi) is 8.19. The van der Waals surface area contributed by atoms with Gasteiger partial charge in [0.1, 0.15) is 11.5 Å². The molecule has 0 radical (unpaired) electrons. The minimum absolute atomic E-state index is 0.0760. The largest absolute Gasteiger partial charge is 0.508 e. The van der Waals surface area contributed by atoms with Crippen LogP contribution < -0.4 is 5.32 Å². The van der Waals surface area contributed by atoms with Crippen LogP contribution in [0.4, 0.5) is 0 Å². The normalized spacial score (nSPS) is 22.6. The molecule has 1 amide bonds. The van der Waals surface area contributed by atoms with E-state index in [0.29, 0.717) is 42.4 Å². The molecule has 174 valence electrons. The van der Waals surface area contributed by atoms with Crippen molar-refractivity contribution in [1.29, 1.82) is 0 Å². The molecule has 0 spiro atoms. The Morgan fingerprint density at radius 3 is 2.47 bits per heavy atom. The summed E-state index contributed by atoms with van der Waals surface area (Å²) in [5.41, 5.74) is 2.27. The second-order valence-electron chi connectivity index (χ2n) is 9.67. The quantitative estimate of drug-likeness (QED) is 0.559. The van der Waals surface area contributed by atoms with Crippen molar-refractivity contribution in [3.63, 3.8) is 0 Å². The summed E-state index contributed by atoms with van der Waals surface area (Å²) in [6.07, 6.45) is 2.16. The Morgan fingerprint density at radius 1 is 1.09 bits per heavy atom. The molecule has 4 atom stereocenters. The topological polar surface area (TPSA) is 72.8 Å². The van der Waals surface area contributed by atoms with Crippen LogP contribution in [0.1, 0.15) is 57.6 Å². The highest BCUT2D eigenvalue weighted by Gasteiger charge is 2.34. The molecule has 32 heavy (non-hydrogen) atoms. The number of piperidine rings is 1. The number of carbonyl (C=O) groups is 1. The van der Waals surface area contributed by atoms with Gasteiger partial charge in [-0.25, -0.2) is 0 Å². The summed E-state index contributed by atoms with van der Waals surface area (Å²) in [4.78, 5) is 15.2. The number of nitrogens with one attached hydrogen (secondary N) is 1. The predicted octanol–water partition coefficient (Wildman–Crippen LogP) is 4.69. The van der Waals surface area contributed by atoms with Crippen LogP contribution in [0.2, 0.25) is 0 Å². The minimum Gasteiger partial charge on any atom is -0.508 e. The second kappa shape index (κ2) is 10.9. The molecule has 1 fully saturated rings. The van der Waals surface area contributed by atoms with Crippen molar-refractivity contribution < 1.29 is 15.0 Å². The zero-order valence-electron chi connectivity index (χ0n) is 19.8. The third-order valence-corrected chi connectivity index (χ3v) is 7.16. The lowest BCUT2D eigenvalue weighted by molar-refractivity contribution is -0.122. The van der Waals surface area contributed by atoms with Gasteiger partial charge in [-0.3, -0.25) is 9.69 Å². The van der Waals surface area contributed by atoms with E-state index in [0.717, 1.165) is 25.1 Å². The molecule has 0 bridgehead atoms. The lowest BCUT2D eigenvalue weighted by Gasteiger charge is -2.44. The summed E-state index contributed by atoms with van der Waals surface area (Å²) in [5, 5.41) is 22.6. The molecule has 2 aromatic carbocycles. The van der Waals surface area contributed by atoms with Crippen molar-refractivity contribution >= 4 is 5.91 Å². The van der Waals surface area contributed by atoms with E-state index in [4.69, 9.17) is 0 Å². The van der Waals surface area contributed by atoms with Gasteiger partial charge in [-0.1, -0.05) is 45.0 Å². The molecule has 5 heteroatoms. The molecule has 0 saturated carbocycles. The SMILES string of the molecule is CC(C)[C@H](CN1CC[C@@H](c2cccc(O)c2)[C@@H](C)C1C)NC(=O)CCc1ccc(O)cc1. The minimum atomic E-state index is 0.0760. The van der Waals surface area contributed by atoms with Crippen molar-refractivity contribution in [3.8, 4) is 11.5 Å². The van der Waals surface area contributed by atoms with Crippen molar-refractivity contribution in [1.82, 2.24) is 10.2 Å². The van der Waals surface area contributed by atoms with Crippen molar-refractivity contribution in [2.24, 2.45) is 11.8 Å². The number of hydrogen-bond donors (Lipinski definition) is 3. The maximum atomic E-state index is 12.7. The van der Waals surface area contributed by atoms with Crippen LogP contribution in [0.25, 0.3) is 0 Å². The van der Waals surface area contributed by atoms with Gasteiger partial charge in [0, 0.05) is 25.0 Å². The van der Waals surface area contributed by atoms with Gasteiger partial charge in [0.15, 0.2) is 0 Å². The molecular weight excluding hydrogens is 400 g/mol. The maximum Gasteiger partial charge on any atom is 0.220 e. The summed E-state index contributed by atoms with van der Waals surface area (Å²) >= 11 is 0. The first-order valence-corrected chi connectivity index (χ1v) is 11.8. The number of aryl methyl sites for hydroxylation is 1. The predicted molar refractivity (Wildman–Crippen MR) is 129 cm³/mol. The fourth-order valence-corrected chi connectivity index (χ4v) is 4.80. The third-order valence-electron chi connectivity index (χ3n) is 7.16. The van der Waals surface area contributed by atoms with E-state index >= 15 is 0 Å². The van der Waals surface area contributed by atoms with Crippen LogP contribution in [0.3, 0.4) is 0 Å². The van der Waals surface area contributed by atoms with E-state index < -0.39 is 0 Å². The van der Waals surface area contributed by atoms with Gasteiger partial charge in [-0.05, 0) is 79.5 Å². The molecular formula is C27H38N2O3. The van der Waals surface area contributed by atoms with Crippen molar-refractivity contribution in [2.75, 3.05) is 13.1 Å². The lowest BCUT2D eigenvalue weighted by Crippen LogP contribution is -2.53. The zero-order chi connectivity index (χ0) is 23.3. The van der Waals surface area contributed by atoms with Gasteiger partial charge in [0.2, 0.25) is 5.91 Å². The van der Waals surface area contributed by atoms with Gasteiger partial charge in [-0.2, -0.15) is 0 Å². The fourth-order valence-electron chi connectivity index (χ4n) is 4.80. The van der Waals surface area contributed by atoms with E-state index in [2.05, 4.69) is 44.0 Å².